The number of anilines is 1. The lowest BCUT2D eigenvalue weighted by Gasteiger charge is -2.29. The lowest BCUT2D eigenvalue weighted by atomic mass is 9.98. The van der Waals surface area contributed by atoms with Crippen molar-refractivity contribution in [3.05, 3.63) is 29.3 Å². The number of rotatable bonds is 4. The quantitative estimate of drug-likeness (QED) is 0.818. The van der Waals surface area contributed by atoms with Crippen LogP contribution in [0.2, 0.25) is 0 Å². The monoisotopic (exact) mass is 221 g/mol. The molecule has 0 bridgehead atoms. The van der Waals surface area contributed by atoms with Crippen LogP contribution in [0.4, 0.5) is 5.69 Å². The molecule has 0 heterocycles. The molecular weight excluding hydrogens is 198 g/mol. The summed E-state index contributed by atoms with van der Waals surface area (Å²) >= 11 is 0. The fraction of sp³-hybridized carbons (Fsp3) is 0.571. The summed E-state index contributed by atoms with van der Waals surface area (Å²) in [7, 11) is 0. The molecule has 90 valence electrons. The molecule has 1 aromatic rings. The molecule has 0 spiro atoms. The second-order valence-corrected chi connectivity index (χ2v) is 4.98. The van der Waals surface area contributed by atoms with E-state index in [0.717, 1.165) is 6.42 Å². The summed E-state index contributed by atoms with van der Waals surface area (Å²) < 4.78 is 0. The summed E-state index contributed by atoms with van der Waals surface area (Å²) in [4.78, 5) is 0. The van der Waals surface area contributed by atoms with Crippen molar-refractivity contribution in [3.63, 3.8) is 0 Å². The van der Waals surface area contributed by atoms with Crippen molar-refractivity contribution in [1.29, 1.82) is 0 Å². The van der Waals surface area contributed by atoms with E-state index in [9.17, 15) is 5.11 Å². The molecule has 2 N–H and O–H groups in total. The smallest absolute Gasteiger partial charge is 0.0789 e. The summed E-state index contributed by atoms with van der Waals surface area (Å²) in [5.74, 6) is 0. The number of nitrogens with one attached hydrogen (secondary N) is 1. The zero-order valence-corrected chi connectivity index (χ0v) is 11.0. The van der Waals surface area contributed by atoms with Crippen molar-refractivity contribution < 1.29 is 5.11 Å². The fourth-order valence-corrected chi connectivity index (χ4v) is 1.62. The Bertz CT molecular complexity index is 352. The van der Waals surface area contributed by atoms with Crippen molar-refractivity contribution in [2.45, 2.75) is 52.7 Å². The summed E-state index contributed by atoms with van der Waals surface area (Å²) in [6, 6.07) is 6.33. The molecule has 0 aliphatic rings. The lowest BCUT2D eigenvalue weighted by Crippen LogP contribution is -2.39. The first kappa shape index (κ1) is 13.0. The minimum absolute atomic E-state index is 0.0268. The molecule has 2 heteroatoms. The summed E-state index contributed by atoms with van der Waals surface area (Å²) in [6.45, 7) is 9.91. The van der Waals surface area contributed by atoms with Gasteiger partial charge in [-0.05, 0) is 45.2 Å². The number of aliphatic hydroxyl groups is 1. The van der Waals surface area contributed by atoms with E-state index in [1.54, 1.807) is 0 Å². The summed E-state index contributed by atoms with van der Waals surface area (Å²) in [5, 5.41) is 13.4. The van der Waals surface area contributed by atoms with Crippen molar-refractivity contribution in [2.24, 2.45) is 0 Å². The third kappa shape index (κ3) is 2.99. The largest absolute Gasteiger partial charge is 0.388 e. The SMILES string of the molecule is CCc1cccc(C)c1NC(C)C(C)(C)O. The molecular formula is C14H23NO. The standard InChI is InChI=1S/C14H23NO/c1-6-12-9-7-8-10(2)13(12)15-11(3)14(4,5)16/h7-9,11,15-16H,6H2,1-5H3. The number of hydrogen-bond donors (Lipinski definition) is 2. The first-order valence-corrected chi connectivity index (χ1v) is 5.93. The maximum absolute atomic E-state index is 9.94. The van der Waals surface area contributed by atoms with Crippen LogP contribution in [0, 0.1) is 6.92 Å². The molecule has 1 unspecified atom stereocenters. The average molecular weight is 221 g/mol. The van der Waals surface area contributed by atoms with E-state index in [2.05, 4.69) is 37.4 Å². The van der Waals surface area contributed by atoms with Gasteiger partial charge >= 0.3 is 0 Å². The highest BCUT2D eigenvalue weighted by Crippen LogP contribution is 2.24. The van der Waals surface area contributed by atoms with Gasteiger partial charge in [-0.3, -0.25) is 0 Å². The third-order valence-electron chi connectivity index (χ3n) is 3.16. The highest BCUT2D eigenvalue weighted by Gasteiger charge is 2.22. The molecule has 1 atom stereocenters. The van der Waals surface area contributed by atoms with Crippen molar-refractivity contribution >= 4 is 5.69 Å². The second-order valence-electron chi connectivity index (χ2n) is 4.98. The van der Waals surface area contributed by atoms with Gasteiger partial charge in [0.2, 0.25) is 0 Å². The topological polar surface area (TPSA) is 32.3 Å². The first-order chi connectivity index (χ1) is 7.36. The van der Waals surface area contributed by atoms with Gasteiger partial charge in [0, 0.05) is 5.69 Å². The lowest BCUT2D eigenvalue weighted by molar-refractivity contribution is 0.0649. The minimum Gasteiger partial charge on any atom is -0.388 e. The van der Waals surface area contributed by atoms with E-state index in [1.807, 2.05) is 20.8 Å². The summed E-state index contributed by atoms with van der Waals surface area (Å²) in [6.07, 6.45) is 1.00. The van der Waals surface area contributed by atoms with Gasteiger partial charge in [-0.25, -0.2) is 0 Å². The minimum atomic E-state index is -0.715. The molecule has 0 aromatic heterocycles. The Kier molecular flexibility index (Phi) is 3.98. The van der Waals surface area contributed by atoms with Gasteiger partial charge in [-0.2, -0.15) is 0 Å². The molecule has 1 rings (SSSR count). The second kappa shape index (κ2) is 4.88. The van der Waals surface area contributed by atoms with Gasteiger partial charge in [-0.15, -0.1) is 0 Å². The van der Waals surface area contributed by atoms with Gasteiger partial charge in [0.1, 0.15) is 0 Å². The molecule has 16 heavy (non-hydrogen) atoms. The first-order valence-electron chi connectivity index (χ1n) is 5.93. The van der Waals surface area contributed by atoms with Gasteiger partial charge in [0.15, 0.2) is 0 Å². The van der Waals surface area contributed by atoms with Crippen LogP contribution < -0.4 is 5.32 Å². The average Bonchev–Trinajstić information content (AvgIpc) is 2.19. The van der Waals surface area contributed by atoms with Crippen LogP contribution in [0.5, 0.6) is 0 Å². The maximum atomic E-state index is 9.94. The molecule has 0 saturated carbocycles. The van der Waals surface area contributed by atoms with Gasteiger partial charge in [0.05, 0.1) is 11.6 Å². The Hall–Kier alpha value is -1.02. The molecule has 0 amide bonds. The molecule has 0 radical (unpaired) electrons. The van der Waals surface area contributed by atoms with E-state index in [0.29, 0.717) is 0 Å². The highest BCUT2D eigenvalue weighted by molar-refractivity contribution is 5.58. The van der Waals surface area contributed by atoms with Gasteiger partial charge < -0.3 is 10.4 Å². The van der Waals surface area contributed by atoms with Crippen molar-refractivity contribution in [3.8, 4) is 0 Å². The third-order valence-corrected chi connectivity index (χ3v) is 3.16. The van der Waals surface area contributed by atoms with Crippen LogP contribution >= 0.6 is 0 Å². The molecule has 0 saturated heterocycles. The van der Waals surface area contributed by atoms with E-state index in [1.165, 1.54) is 16.8 Å². The van der Waals surface area contributed by atoms with Crippen LogP contribution in [0.25, 0.3) is 0 Å². The Balaban J connectivity index is 2.96. The predicted molar refractivity (Wildman–Crippen MR) is 69.9 cm³/mol. The number of para-hydroxylation sites is 1. The van der Waals surface area contributed by atoms with Gasteiger partial charge in [-0.1, -0.05) is 25.1 Å². The molecule has 0 aliphatic carbocycles. The molecule has 0 aliphatic heterocycles. The Morgan fingerprint density at radius 2 is 2.00 bits per heavy atom. The number of hydrogen-bond acceptors (Lipinski definition) is 2. The van der Waals surface area contributed by atoms with E-state index in [-0.39, 0.29) is 6.04 Å². The van der Waals surface area contributed by atoms with Crippen LogP contribution in [-0.2, 0) is 6.42 Å². The van der Waals surface area contributed by atoms with E-state index < -0.39 is 5.60 Å². The zero-order valence-electron chi connectivity index (χ0n) is 11.0. The van der Waals surface area contributed by atoms with Crippen LogP contribution in [-0.4, -0.2) is 16.7 Å². The highest BCUT2D eigenvalue weighted by atomic mass is 16.3. The predicted octanol–water partition coefficient (Wildman–Crippen LogP) is 3.13. The van der Waals surface area contributed by atoms with Gasteiger partial charge in [0.25, 0.3) is 0 Å². The van der Waals surface area contributed by atoms with Crippen LogP contribution in [0.15, 0.2) is 18.2 Å². The van der Waals surface area contributed by atoms with Crippen LogP contribution in [0.1, 0.15) is 38.8 Å². The van der Waals surface area contributed by atoms with Crippen molar-refractivity contribution in [1.82, 2.24) is 0 Å². The van der Waals surface area contributed by atoms with E-state index in [4.69, 9.17) is 0 Å². The van der Waals surface area contributed by atoms with Crippen LogP contribution in [0.3, 0.4) is 0 Å². The van der Waals surface area contributed by atoms with Crippen molar-refractivity contribution in [2.75, 3.05) is 5.32 Å². The number of aryl methyl sites for hydroxylation is 2. The Morgan fingerprint density at radius 3 is 2.50 bits per heavy atom. The Labute approximate surface area is 98.7 Å². The zero-order chi connectivity index (χ0) is 12.3. The molecule has 2 nitrogen and oxygen atoms in total. The summed E-state index contributed by atoms with van der Waals surface area (Å²) in [5.41, 5.74) is 2.99. The van der Waals surface area contributed by atoms with E-state index >= 15 is 0 Å². The fourth-order valence-electron chi connectivity index (χ4n) is 1.62. The normalized spacial score (nSPS) is 13.6. The molecule has 0 fully saturated rings. The maximum Gasteiger partial charge on any atom is 0.0789 e. The molecule has 1 aromatic carbocycles. The number of benzene rings is 1. The Morgan fingerprint density at radius 1 is 1.38 bits per heavy atom.